The Labute approximate surface area is 96.1 Å². The van der Waals surface area contributed by atoms with E-state index in [9.17, 15) is 4.39 Å². The van der Waals surface area contributed by atoms with Gasteiger partial charge < -0.3 is 0 Å². The van der Waals surface area contributed by atoms with Gasteiger partial charge in [0.1, 0.15) is 5.82 Å². The average molecular weight is 214 g/mol. The first-order chi connectivity index (χ1) is 7.74. The van der Waals surface area contributed by atoms with Crippen molar-refractivity contribution < 1.29 is 4.39 Å². The van der Waals surface area contributed by atoms with E-state index in [0.717, 1.165) is 16.3 Å². The summed E-state index contributed by atoms with van der Waals surface area (Å²) in [6.07, 6.45) is 5.30. The van der Waals surface area contributed by atoms with Crippen molar-refractivity contribution in [3.05, 3.63) is 47.3 Å². The van der Waals surface area contributed by atoms with Crippen LogP contribution in [-0.2, 0) is 0 Å². The van der Waals surface area contributed by atoms with Gasteiger partial charge in [0.05, 0.1) is 5.56 Å². The predicted octanol–water partition coefficient (Wildman–Crippen LogP) is 4.29. The zero-order valence-electron chi connectivity index (χ0n) is 9.84. The molecule has 0 aromatic heterocycles. The van der Waals surface area contributed by atoms with Gasteiger partial charge in [-0.3, -0.25) is 0 Å². The Morgan fingerprint density at radius 1 is 1.12 bits per heavy atom. The first-order valence-electron chi connectivity index (χ1n) is 5.38. The van der Waals surface area contributed by atoms with Crippen LogP contribution in [0, 0.1) is 25.1 Å². The highest BCUT2D eigenvalue weighted by Gasteiger charge is 2.06. The zero-order valence-corrected chi connectivity index (χ0v) is 9.84. The van der Waals surface area contributed by atoms with Crippen molar-refractivity contribution in [2.75, 3.05) is 0 Å². The highest BCUT2D eigenvalue weighted by molar-refractivity contribution is 5.91. The lowest BCUT2D eigenvalue weighted by atomic mass is 10.00. The van der Waals surface area contributed by atoms with Crippen LogP contribution in [0.1, 0.15) is 25.0 Å². The molecule has 0 aliphatic rings. The van der Waals surface area contributed by atoms with Crippen molar-refractivity contribution in [2.24, 2.45) is 0 Å². The van der Waals surface area contributed by atoms with Gasteiger partial charge in [0.25, 0.3) is 0 Å². The molecule has 0 fully saturated rings. The Hall–Kier alpha value is -1.81. The van der Waals surface area contributed by atoms with Crippen LogP contribution in [0.4, 0.5) is 4.39 Å². The molecule has 0 aliphatic heterocycles. The van der Waals surface area contributed by atoms with E-state index in [4.69, 9.17) is 6.42 Å². The van der Waals surface area contributed by atoms with Crippen molar-refractivity contribution in [3.63, 3.8) is 0 Å². The molecular weight excluding hydrogens is 199 g/mol. The van der Waals surface area contributed by atoms with Gasteiger partial charge in [-0.05, 0) is 23.9 Å². The molecule has 0 saturated heterocycles. The number of fused-ring (bicyclic) bond motifs is 1. The van der Waals surface area contributed by atoms with Crippen LogP contribution in [0.15, 0.2) is 30.3 Å². The lowest BCUT2D eigenvalue weighted by Crippen LogP contribution is -1.88. The maximum Gasteiger partial charge on any atom is 0.139 e. The number of hydrogen-bond acceptors (Lipinski definition) is 0. The SMILES string of the molecule is C#Cc1c(F)ccc2cccc(C)c12.CC. The maximum absolute atomic E-state index is 13.4. The standard InChI is InChI=1S/C13H9F.C2H6/c1-3-11-12(14)8-7-10-6-4-5-9(2)13(10)11;1-2/h1,4-8H,2H3;1-2H3. The lowest BCUT2D eigenvalue weighted by Gasteiger charge is -2.05. The highest BCUT2D eigenvalue weighted by atomic mass is 19.1. The predicted molar refractivity (Wildman–Crippen MR) is 67.9 cm³/mol. The van der Waals surface area contributed by atoms with E-state index < -0.39 is 0 Å². The number of aryl methyl sites for hydroxylation is 1. The van der Waals surface area contributed by atoms with Gasteiger partial charge in [0.15, 0.2) is 0 Å². The summed E-state index contributed by atoms with van der Waals surface area (Å²) < 4.78 is 13.4. The molecule has 2 aromatic carbocycles. The van der Waals surface area contributed by atoms with Crippen molar-refractivity contribution in [3.8, 4) is 12.3 Å². The second-order valence-electron chi connectivity index (χ2n) is 3.24. The van der Waals surface area contributed by atoms with E-state index in [1.807, 2.05) is 39.0 Å². The van der Waals surface area contributed by atoms with Gasteiger partial charge in [-0.15, -0.1) is 6.42 Å². The molecule has 0 heterocycles. The quantitative estimate of drug-likeness (QED) is 0.574. The fourth-order valence-corrected chi connectivity index (χ4v) is 1.68. The number of rotatable bonds is 0. The second kappa shape index (κ2) is 5.32. The minimum atomic E-state index is -0.325. The van der Waals surface area contributed by atoms with Crippen LogP contribution in [0.2, 0.25) is 0 Å². The molecule has 1 heteroatoms. The Balaban J connectivity index is 0.000000606. The Morgan fingerprint density at radius 2 is 1.81 bits per heavy atom. The van der Waals surface area contributed by atoms with Crippen LogP contribution in [0.3, 0.4) is 0 Å². The van der Waals surface area contributed by atoms with Crippen LogP contribution in [0.5, 0.6) is 0 Å². The van der Waals surface area contributed by atoms with Crippen LogP contribution in [-0.4, -0.2) is 0 Å². The van der Waals surface area contributed by atoms with E-state index in [1.54, 1.807) is 6.07 Å². The molecule has 2 aromatic rings. The maximum atomic E-state index is 13.4. The van der Waals surface area contributed by atoms with Gasteiger partial charge in [-0.1, -0.05) is 44.0 Å². The van der Waals surface area contributed by atoms with Crippen molar-refractivity contribution in [1.29, 1.82) is 0 Å². The van der Waals surface area contributed by atoms with Crippen LogP contribution >= 0.6 is 0 Å². The molecule has 0 aliphatic carbocycles. The first kappa shape index (κ1) is 12.3. The van der Waals surface area contributed by atoms with Gasteiger partial charge >= 0.3 is 0 Å². The summed E-state index contributed by atoms with van der Waals surface area (Å²) in [6.45, 7) is 5.93. The summed E-state index contributed by atoms with van der Waals surface area (Å²) in [5.41, 5.74) is 1.37. The fraction of sp³-hybridized carbons (Fsp3) is 0.200. The number of benzene rings is 2. The summed E-state index contributed by atoms with van der Waals surface area (Å²) in [7, 11) is 0. The smallest absolute Gasteiger partial charge is 0.139 e. The van der Waals surface area contributed by atoms with Crippen LogP contribution in [0.25, 0.3) is 10.8 Å². The molecule has 0 nitrogen and oxygen atoms in total. The third-order valence-corrected chi connectivity index (χ3v) is 2.35. The van der Waals surface area contributed by atoms with Crippen molar-refractivity contribution in [2.45, 2.75) is 20.8 Å². The van der Waals surface area contributed by atoms with E-state index in [0.29, 0.717) is 5.56 Å². The molecule has 0 spiro atoms. The van der Waals surface area contributed by atoms with Gasteiger partial charge in [0, 0.05) is 5.39 Å². The normalized spacial score (nSPS) is 9.19. The number of terminal acetylenes is 1. The zero-order chi connectivity index (χ0) is 12.1. The monoisotopic (exact) mass is 214 g/mol. The minimum Gasteiger partial charge on any atom is -0.206 e. The number of halogens is 1. The summed E-state index contributed by atoms with van der Waals surface area (Å²) in [5, 5.41) is 1.83. The number of hydrogen-bond donors (Lipinski definition) is 0. The third-order valence-electron chi connectivity index (χ3n) is 2.35. The molecule has 0 saturated carbocycles. The van der Waals surface area contributed by atoms with Crippen molar-refractivity contribution in [1.82, 2.24) is 0 Å². The molecule has 0 radical (unpaired) electrons. The topological polar surface area (TPSA) is 0 Å². The molecular formula is C15H15F. The van der Waals surface area contributed by atoms with E-state index >= 15 is 0 Å². The van der Waals surface area contributed by atoms with Gasteiger partial charge in [-0.2, -0.15) is 0 Å². The molecule has 2 rings (SSSR count). The molecule has 82 valence electrons. The van der Waals surface area contributed by atoms with Crippen molar-refractivity contribution >= 4 is 10.8 Å². The fourth-order valence-electron chi connectivity index (χ4n) is 1.68. The van der Waals surface area contributed by atoms with E-state index in [1.165, 1.54) is 6.07 Å². The van der Waals surface area contributed by atoms with Gasteiger partial charge in [0.2, 0.25) is 0 Å². The Morgan fingerprint density at radius 3 is 2.44 bits per heavy atom. The molecule has 0 bridgehead atoms. The highest BCUT2D eigenvalue weighted by Crippen LogP contribution is 2.24. The first-order valence-corrected chi connectivity index (χ1v) is 5.38. The summed E-state index contributed by atoms with van der Waals surface area (Å²) in [5.74, 6) is 2.08. The third kappa shape index (κ3) is 2.06. The minimum absolute atomic E-state index is 0.325. The summed E-state index contributed by atoms with van der Waals surface area (Å²) in [4.78, 5) is 0. The Kier molecular flexibility index (Phi) is 4.08. The van der Waals surface area contributed by atoms with Crippen LogP contribution < -0.4 is 0 Å². The molecule has 0 atom stereocenters. The largest absolute Gasteiger partial charge is 0.206 e. The molecule has 0 N–H and O–H groups in total. The summed E-state index contributed by atoms with van der Waals surface area (Å²) in [6, 6.07) is 8.97. The molecule has 0 amide bonds. The van der Waals surface area contributed by atoms with E-state index in [2.05, 4.69) is 5.92 Å². The van der Waals surface area contributed by atoms with E-state index in [-0.39, 0.29) is 5.82 Å². The Bertz CT molecular complexity index is 533. The second-order valence-corrected chi connectivity index (χ2v) is 3.24. The van der Waals surface area contributed by atoms with Gasteiger partial charge in [-0.25, -0.2) is 4.39 Å². The lowest BCUT2D eigenvalue weighted by molar-refractivity contribution is 0.626. The average Bonchev–Trinajstić information content (AvgIpc) is 2.33. The molecule has 0 unspecified atom stereocenters. The summed E-state index contributed by atoms with van der Waals surface area (Å²) >= 11 is 0. The molecule has 16 heavy (non-hydrogen) atoms.